The summed E-state index contributed by atoms with van der Waals surface area (Å²) in [6, 6.07) is 7.43. The van der Waals surface area contributed by atoms with Crippen molar-refractivity contribution in [2.75, 3.05) is 18.5 Å². The van der Waals surface area contributed by atoms with Gasteiger partial charge in [0, 0.05) is 47.8 Å². The molecule has 1 saturated heterocycles. The number of nitrogens with zero attached hydrogens (tertiary/aromatic N) is 2. The second-order valence-electron chi connectivity index (χ2n) is 7.29. The third-order valence-electron chi connectivity index (χ3n) is 5.83. The van der Waals surface area contributed by atoms with Crippen molar-refractivity contribution < 1.29 is 14.6 Å². The number of carbonyl (C=O) groups is 1. The number of ether oxygens (including phenoxy) is 1. The summed E-state index contributed by atoms with van der Waals surface area (Å²) in [7, 11) is 0. The lowest BCUT2D eigenvalue weighted by atomic mass is 9.96. The molecule has 3 heterocycles. The van der Waals surface area contributed by atoms with Gasteiger partial charge >= 0.3 is 5.97 Å². The van der Waals surface area contributed by atoms with Crippen molar-refractivity contribution in [1.29, 1.82) is 0 Å². The Hall–Kier alpha value is -2.73. The highest BCUT2D eigenvalue weighted by Crippen LogP contribution is 2.55. The number of carboxylic acid groups (broad SMARTS) is 1. The largest absolute Gasteiger partial charge is 0.478 e. The van der Waals surface area contributed by atoms with Crippen molar-refractivity contribution in [3.05, 3.63) is 42.2 Å². The van der Waals surface area contributed by atoms with Crippen LogP contribution in [0.1, 0.15) is 29.6 Å². The van der Waals surface area contributed by atoms with Gasteiger partial charge in [0.15, 0.2) is 0 Å². The predicted molar refractivity (Wildman–Crippen MR) is 98.5 cm³/mol. The average molecular weight is 349 g/mol. The number of aromatic nitrogens is 2. The number of carboxylic acids is 1. The highest BCUT2D eigenvalue weighted by molar-refractivity contribution is 6.10. The Kier molecular flexibility index (Phi) is 3.37. The number of anilines is 1. The molecular formula is C20H19N3O3. The second kappa shape index (κ2) is 5.64. The van der Waals surface area contributed by atoms with Crippen LogP contribution in [0.4, 0.5) is 5.82 Å². The van der Waals surface area contributed by atoms with E-state index in [2.05, 4.69) is 10.3 Å². The van der Waals surface area contributed by atoms with Gasteiger partial charge in [-0.25, -0.2) is 9.78 Å². The number of pyridine rings is 2. The molecule has 2 aliphatic rings. The van der Waals surface area contributed by atoms with Crippen LogP contribution in [0.15, 0.2) is 36.7 Å². The summed E-state index contributed by atoms with van der Waals surface area (Å²) >= 11 is 0. The van der Waals surface area contributed by atoms with Gasteiger partial charge in [0.1, 0.15) is 5.82 Å². The number of hydrogen-bond donors (Lipinski definition) is 2. The number of nitrogens with one attached hydrogen (secondary N) is 1. The van der Waals surface area contributed by atoms with Gasteiger partial charge in [0.25, 0.3) is 0 Å². The maximum absolute atomic E-state index is 11.3. The van der Waals surface area contributed by atoms with Gasteiger partial charge in [0.2, 0.25) is 0 Å². The minimum atomic E-state index is -0.946. The molecule has 6 heteroatoms. The maximum atomic E-state index is 11.3. The molecule has 2 N–H and O–H groups in total. The first-order chi connectivity index (χ1) is 12.7. The van der Waals surface area contributed by atoms with E-state index < -0.39 is 5.97 Å². The summed E-state index contributed by atoms with van der Waals surface area (Å²) in [4.78, 5) is 20.3. The van der Waals surface area contributed by atoms with Gasteiger partial charge < -0.3 is 15.2 Å². The van der Waals surface area contributed by atoms with Crippen molar-refractivity contribution in [3.63, 3.8) is 0 Å². The fourth-order valence-electron chi connectivity index (χ4n) is 4.14. The summed E-state index contributed by atoms with van der Waals surface area (Å²) in [6.07, 6.45) is 6.89. The van der Waals surface area contributed by atoms with Gasteiger partial charge in [0.05, 0.1) is 11.1 Å². The van der Waals surface area contributed by atoms with Crippen LogP contribution in [0.3, 0.4) is 0 Å². The molecule has 0 radical (unpaired) electrons. The molecule has 6 nitrogen and oxygen atoms in total. The molecule has 1 atom stereocenters. The smallest absolute Gasteiger partial charge is 0.335 e. The van der Waals surface area contributed by atoms with E-state index in [0.717, 1.165) is 54.5 Å². The lowest BCUT2D eigenvalue weighted by molar-refractivity contribution is 0.0567. The Morgan fingerprint density at radius 1 is 1.19 bits per heavy atom. The molecule has 132 valence electrons. The van der Waals surface area contributed by atoms with E-state index in [1.807, 2.05) is 18.3 Å². The Labute approximate surface area is 150 Å². The molecule has 1 unspecified atom stereocenters. The van der Waals surface area contributed by atoms with Gasteiger partial charge in [-0.05, 0) is 42.9 Å². The molecule has 1 aliphatic heterocycles. The van der Waals surface area contributed by atoms with Gasteiger partial charge in [-0.3, -0.25) is 4.98 Å². The normalized spacial score (nSPS) is 21.2. The lowest BCUT2D eigenvalue weighted by Gasteiger charge is -2.23. The van der Waals surface area contributed by atoms with Crippen LogP contribution in [-0.4, -0.2) is 40.3 Å². The van der Waals surface area contributed by atoms with Crippen LogP contribution >= 0.6 is 0 Å². The van der Waals surface area contributed by atoms with E-state index >= 15 is 0 Å². The molecule has 26 heavy (non-hydrogen) atoms. The fraction of sp³-hybridized carbons (Fsp3) is 0.350. The maximum Gasteiger partial charge on any atom is 0.335 e. The van der Waals surface area contributed by atoms with E-state index in [4.69, 9.17) is 9.72 Å². The van der Waals surface area contributed by atoms with Crippen LogP contribution in [0, 0.1) is 5.41 Å². The Morgan fingerprint density at radius 2 is 2.04 bits per heavy atom. The standard InChI is InChI=1S/C20H19N3O3/c24-19(25)12-1-2-13-15-11-21-6-3-14(15)18(22-16(13)9-12)23-17-10-20(17)4-7-26-8-5-20/h1-3,6,9,11,17H,4-5,7-8,10H2,(H,22,23)(H,24,25). The van der Waals surface area contributed by atoms with Crippen molar-refractivity contribution in [1.82, 2.24) is 9.97 Å². The molecule has 1 spiro atoms. The highest BCUT2D eigenvalue weighted by atomic mass is 16.5. The van der Waals surface area contributed by atoms with Crippen LogP contribution < -0.4 is 5.32 Å². The summed E-state index contributed by atoms with van der Waals surface area (Å²) in [5, 5.41) is 15.8. The van der Waals surface area contributed by atoms with Crippen LogP contribution in [0.2, 0.25) is 0 Å². The number of rotatable bonds is 3. The summed E-state index contributed by atoms with van der Waals surface area (Å²) in [6.45, 7) is 1.66. The minimum Gasteiger partial charge on any atom is -0.478 e. The highest BCUT2D eigenvalue weighted by Gasteiger charge is 2.54. The molecular weight excluding hydrogens is 330 g/mol. The molecule has 2 aromatic heterocycles. The van der Waals surface area contributed by atoms with Crippen LogP contribution in [0.25, 0.3) is 21.7 Å². The third-order valence-corrected chi connectivity index (χ3v) is 5.83. The third kappa shape index (κ3) is 2.41. The second-order valence-corrected chi connectivity index (χ2v) is 7.29. The fourth-order valence-corrected chi connectivity index (χ4v) is 4.14. The van der Waals surface area contributed by atoms with E-state index in [0.29, 0.717) is 17.0 Å². The number of benzene rings is 1. The van der Waals surface area contributed by atoms with Crippen LogP contribution in [-0.2, 0) is 4.74 Å². The molecule has 3 aromatic rings. The topological polar surface area (TPSA) is 84.3 Å². The van der Waals surface area contributed by atoms with E-state index in [1.54, 1.807) is 18.3 Å². The first kappa shape index (κ1) is 15.5. The van der Waals surface area contributed by atoms with Gasteiger partial charge in [-0.15, -0.1) is 0 Å². The van der Waals surface area contributed by atoms with Gasteiger partial charge in [-0.1, -0.05) is 6.07 Å². The molecule has 1 aliphatic carbocycles. The lowest BCUT2D eigenvalue weighted by Crippen LogP contribution is -2.23. The number of hydrogen-bond acceptors (Lipinski definition) is 5. The van der Waals surface area contributed by atoms with Crippen molar-refractivity contribution in [3.8, 4) is 0 Å². The molecule has 2 fully saturated rings. The summed E-state index contributed by atoms with van der Waals surface area (Å²) in [5.74, 6) is -0.136. The molecule has 0 bridgehead atoms. The zero-order valence-electron chi connectivity index (χ0n) is 14.2. The SMILES string of the molecule is O=C(O)c1ccc2c(c1)nc(NC1CC13CCOCC3)c1ccncc12. The molecule has 1 aromatic carbocycles. The molecule has 5 rings (SSSR count). The number of aromatic carboxylic acids is 1. The van der Waals surface area contributed by atoms with Gasteiger partial charge in [-0.2, -0.15) is 0 Å². The van der Waals surface area contributed by atoms with Crippen molar-refractivity contribution in [2.45, 2.75) is 25.3 Å². The quantitative estimate of drug-likeness (QED) is 0.705. The minimum absolute atomic E-state index is 0.242. The average Bonchev–Trinajstić information content (AvgIpc) is 3.32. The molecule has 1 saturated carbocycles. The number of fused-ring (bicyclic) bond motifs is 3. The zero-order chi connectivity index (χ0) is 17.7. The van der Waals surface area contributed by atoms with Crippen LogP contribution in [0.5, 0.6) is 0 Å². The first-order valence-electron chi connectivity index (χ1n) is 8.91. The van der Waals surface area contributed by atoms with E-state index in [1.165, 1.54) is 0 Å². The molecule has 0 amide bonds. The van der Waals surface area contributed by atoms with E-state index in [9.17, 15) is 9.90 Å². The van der Waals surface area contributed by atoms with Crippen molar-refractivity contribution in [2.24, 2.45) is 5.41 Å². The monoisotopic (exact) mass is 349 g/mol. The Balaban J connectivity index is 1.60. The first-order valence-corrected chi connectivity index (χ1v) is 8.91. The summed E-state index contributed by atoms with van der Waals surface area (Å²) in [5.41, 5.74) is 1.25. The summed E-state index contributed by atoms with van der Waals surface area (Å²) < 4.78 is 5.50. The van der Waals surface area contributed by atoms with E-state index in [-0.39, 0.29) is 5.56 Å². The Morgan fingerprint density at radius 3 is 2.85 bits per heavy atom. The van der Waals surface area contributed by atoms with Crippen molar-refractivity contribution >= 4 is 33.5 Å². The zero-order valence-corrected chi connectivity index (χ0v) is 14.2. The predicted octanol–water partition coefficient (Wildman–Crippen LogP) is 3.46. The Bertz CT molecular complexity index is 1030.